The number of piperazine rings is 2. The molecule has 10 aliphatic heterocycles. The van der Waals surface area contributed by atoms with Crippen LogP contribution in [-0.4, -0.2) is 341 Å². The van der Waals surface area contributed by atoms with Crippen molar-refractivity contribution in [1.82, 2.24) is 64.1 Å². The standard InChI is InChI=1S/C13H18N2O.C9H18N2O.C9H17NO2.C9H17NO.C8H15NO.C7H14N2O.2C7H13NO2.C7H13NO.C6H11NOS/c1-12(16)15-9-7-14(8-10-15)11-13-5-3-2-4-6-13;1-9(12)10-5-8-11-6-3-2-4-7-11;1-8(12)10-5-2-9(3-6-10)4-7-11;1-7-4-8(2)6-10(5-7)9(3)11;1-7-3-5-9(6-4-7)8(2)10;1-7(10)9-5-3-8(2)4-6-9;1-6(9)8-4-2-7(10)3-5-8;1-6(9)8-4-2-3-7(10)5-8;1-7(9)8-5-3-2-4-6-8;1-6(8)7-2-4-9-5-3-7/h2-6H,7-11H2,1H3;2-8H2,1H3,(H,10,12);9,11H,2-7H2,1H3;7-8H,4-6H2,1-3H3;7H,3-6H2,1-2H3;3-6H2,1-2H3;2*7,10H,2-5H2,1H3;2-6H2,1H3;2-5H2,1H3. The summed E-state index contributed by atoms with van der Waals surface area (Å²) in [5.41, 5.74) is 1.35. The Morgan fingerprint density at radius 2 is 0.771 bits per heavy atom. The molecule has 27 heteroatoms. The van der Waals surface area contributed by atoms with Gasteiger partial charge in [-0.3, -0.25) is 52.8 Å². The van der Waals surface area contributed by atoms with Crippen LogP contribution in [0.2, 0.25) is 0 Å². The molecule has 0 aliphatic carbocycles. The van der Waals surface area contributed by atoms with Crippen molar-refractivity contribution in [3.63, 3.8) is 0 Å². The number of piperidine rings is 7. The van der Waals surface area contributed by atoms with Crippen molar-refractivity contribution in [2.24, 2.45) is 23.7 Å². The van der Waals surface area contributed by atoms with Gasteiger partial charge in [0.05, 0.1) is 12.2 Å². The molecule has 0 radical (unpaired) electrons. The summed E-state index contributed by atoms with van der Waals surface area (Å²) >= 11 is 1.92. The van der Waals surface area contributed by atoms with Crippen molar-refractivity contribution in [2.45, 2.75) is 211 Å². The number of likely N-dealkylation sites (tertiary alicyclic amines) is 7. The van der Waals surface area contributed by atoms with E-state index in [-0.39, 0.29) is 77.9 Å². The molecule has 626 valence electrons. The average molecular weight is 1560 g/mol. The van der Waals surface area contributed by atoms with Gasteiger partial charge in [0.2, 0.25) is 59.1 Å². The van der Waals surface area contributed by atoms with E-state index in [1.54, 1.807) is 72.1 Å². The molecule has 1 aromatic carbocycles. The van der Waals surface area contributed by atoms with Crippen molar-refractivity contribution in [3.05, 3.63) is 35.9 Å². The number of aliphatic hydroxyl groups is 3. The maximum atomic E-state index is 11.2. The minimum absolute atomic E-state index is 0.0683. The van der Waals surface area contributed by atoms with Crippen LogP contribution in [0.15, 0.2) is 30.3 Å². The van der Waals surface area contributed by atoms with Crippen molar-refractivity contribution in [1.29, 1.82) is 0 Å². The molecule has 10 heterocycles. The molecule has 11 rings (SSSR count). The molecule has 10 aliphatic rings. The van der Waals surface area contributed by atoms with Crippen LogP contribution in [0.4, 0.5) is 0 Å². The lowest BCUT2D eigenvalue weighted by molar-refractivity contribution is -0.132. The average Bonchev–Trinajstić information content (AvgIpc) is 0.884. The molecule has 1 aromatic rings. The molecular formula is C82H149N13O13S. The fraction of sp³-hybridized carbons (Fsp3) is 0.805. The van der Waals surface area contributed by atoms with Crippen LogP contribution in [0, 0.1) is 23.7 Å². The number of hydrogen-bond acceptors (Lipinski definition) is 17. The molecule has 0 saturated carbocycles. The number of aliphatic hydroxyl groups excluding tert-OH is 3. The second-order valence-corrected chi connectivity index (χ2v) is 32.4. The largest absolute Gasteiger partial charge is 0.396 e. The van der Waals surface area contributed by atoms with E-state index in [0.29, 0.717) is 24.3 Å². The highest BCUT2D eigenvalue weighted by molar-refractivity contribution is 7.99. The van der Waals surface area contributed by atoms with Crippen molar-refractivity contribution < 1.29 is 63.3 Å². The van der Waals surface area contributed by atoms with Crippen molar-refractivity contribution in [2.75, 3.05) is 195 Å². The van der Waals surface area contributed by atoms with Crippen LogP contribution >= 0.6 is 11.8 Å². The van der Waals surface area contributed by atoms with E-state index >= 15 is 0 Å². The number of rotatable bonds is 7. The van der Waals surface area contributed by atoms with Crippen LogP contribution < -0.4 is 5.32 Å². The smallest absolute Gasteiger partial charge is 0.219 e. The second kappa shape index (κ2) is 58.0. The highest BCUT2D eigenvalue weighted by atomic mass is 32.2. The summed E-state index contributed by atoms with van der Waals surface area (Å²) < 4.78 is 0. The van der Waals surface area contributed by atoms with Crippen LogP contribution in [0.5, 0.6) is 0 Å². The van der Waals surface area contributed by atoms with Gasteiger partial charge in [-0.25, -0.2) is 0 Å². The van der Waals surface area contributed by atoms with Gasteiger partial charge in [-0.2, -0.15) is 11.8 Å². The van der Waals surface area contributed by atoms with Gasteiger partial charge < -0.3 is 74.5 Å². The Hall–Kier alpha value is -5.97. The summed E-state index contributed by atoms with van der Waals surface area (Å²) in [6.07, 6.45) is 17.1. The topological polar surface area (TPSA) is 282 Å². The van der Waals surface area contributed by atoms with Gasteiger partial charge in [0.25, 0.3) is 0 Å². The molecule has 10 fully saturated rings. The molecule has 109 heavy (non-hydrogen) atoms. The Labute approximate surface area is 661 Å². The number of β-amino-alcohol motifs (C(OH)–C–C–N with tert-alkyl or cyclic N) is 1. The number of carbonyl (C=O) groups is 10. The fourth-order valence-electron chi connectivity index (χ4n) is 14.2. The van der Waals surface area contributed by atoms with Crippen LogP contribution in [-0.2, 0) is 54.5 Å². The van der Waals surface area contributed by atoms with E-state index in [1.807, 2.05) is 52.1 Å². The third kappa shape index (κ3) is 47.2. The van der Waals surface area contributed by atoms with E-state index in [9.17, 15) is 47.9 Å². The number of amides is 10. The summed E-state index contributed by atoms with van der Waals surface area (Å²) in [6, 6.07) is 10.5. The zero-order chi connectivity index (χ0) is 81.2. The Bertz CT molecular complexity index is 2590. The first-order valence-corrected chi connectivity index (χ1v) is 42.2. The number of nitrogens with zero attached hydrogens (tertiary/aromatic N) is 12. The predicted molar refractivity (Wildman–Crippen MR) is 436 cm³/mol. The number of thioether (sulfide) groups is 1. The quantitative estimate of drug-likeness (QED) is 0.220. The van der Waals surface area contributed by atoms with E-state index in [1.165, 1.54) is 83.4 Å². The molecule has 0 aromatic heterocycles. The lowest BCUT2D eigenvalue weighted by atomic mass is 9.92. The maximum Gasteiger partial charge on any atom is 0.219 e. The molecule has 3 atom stereocenters. The van der Waals surface area contributed by atoms with Crippen LogP contribution in [0.25, 0.3) is 0 Å². The zero-order valence-electron chi connectivity index (χ0n) is 70.1. The predicted octanol–water partition coefficient (Wildman–Crippen LogP) is 6.72. The molecule has 4 N–H and O–H groups in total. The van der Waals surface area contributed by atoms with Gasteiger partial charge in [-0.1, -0.05) is 57.5 Å². The van der Waals surface area contributed by atoms with E-state index in [0.717, 1.165) is 219 Å². The lowest BCUT2D eigenvalue weighted by Gasteiger charge is -2.34. The third-order valence-electron chi connectivity index (χ3n) is 21.4. The molecule has 10 amide bonds. The van der Waals surface area contributed by atoms with E-state index < -0.39 is 0 Å². The highest BCUT2D eigenvalue weighted by Gasteiger charge is 2.26. The number of likely N-dealkylation sites (N-methyl/N-ethyl adjacent to an activating group) is 1. The van der Waals surface area contributed by atoms with Gasteiger partial charge in [-0.05, 0) is 146 Å². The van der Waals surface area contributed by atoms with Gasteiger partial charge in [-0.15, -0.1) is 0 Å². The number of carbonyl (C=O) groups excluding carboxylic acids is 10. The third-order valence-corrected chi connectivity index (χ3v) is 22.4. The summed E-state index contributed by atoms with van der Waals surface area (Å²) in [7, 11) is 2.08. The summed E-state index contributed by atoms with van der Waals surface area (Å²) in [5.74, 6) is 6.77. The summed E-state index contributed by atoms with van der Waals surface area (Å²) in [5, 5.41) is 29.7. The lowest BCUT2D eigenvalue weighted by Crippen LogP contribution is -2.47. The first-order valence-electron chi connectivity index (χ1n) is 41.0. The number of hydrogen-bond donors (Lipinski definition) is 4. The minimum Gasteiger partial charge on any atom is -0.396 e. The first-order chi connectivity index (χ1) is 51.8. The zero-order valence-corrected chi connectivity index (χ0v) is 70.9. The summed E-state index contributed by atoms with van der Waals surface area (Å²) in [4.78, 5) is 132. The monoisotopic (exact) mass is 1560 g/mol. The Kier molecular flexibility index (Phi) is 52.7. The molecular weight excluding hydrogens is 1410 g/mol. The maximum absolute atomic E-state index is 11.2. The van der Waals surface area contributed by atoms with Gasteiger partial charge >= 0.3 is 0 Å². The van der Waals surface area contributed by atoms with E-state index in [2.05, 4.69) is 72.1 Å². The Balaban J connectivity index is 0.000000413. The van der Waals surface area contributed by atoms with Crippen molar-refractivity contribution >= 4 is 70.8 Å². The fourth-order valence-corrected chi connectivity index (χ4v) is 15.1. The van der Waals surface area contributed by atoms with Gasteiger partial charge in [0.1, 0.15) is 0 Å². The molecule has 0 bridgehead atoms. The Morgan fingerprint density at radius 3 is 1.17 bits per heavy atom. The van der Waals surface area contributed by atoms with Crippen LogP contribution in [0.3, 0.4) is 0 Å². The second-order valence-electron chi connectivity index (χ2n) is 31.2. The Morgan fingerprint density at radius 1 is 0.385 bits per heavy atom. The number of benzene rings is 1. The molecule has 3 unspecified atom stereocenters. The van der Waals surface area contributed by atoms with Crippen molar-refractivity contribution in [3.8, 4) is 0 Å². The molecule has 26 nitrogen and oxygen atoms in total. The summed E-state index contributed by atoms with van der Waals surface area (Å²) in [6.45, 7) is 48.1. The molecule has 0 spiro atoms. The van der Waals surface area contributed by atoms with E-state index in [4.69, 9.17) is 15.3 Å². The van der Waals surface area contributed by atoms with Gasteiger partial charge in [0.15, 0.2) is 0 Å². The highest BCUT2D eigenvalue weighted by Crippen LogP contribution is 2.22. The number of nitrogens with one attached hydrogen (secondary N) is 1. The van der Waals surface area contributed by atoms with Gasteiger partial charge in [0, 0.05) is 251 Å². The SMILES string of the molecule is CC(=O)N1CC(C)CC(C)C1.CC(=O)N1CCC(C)CC1.CC(=O)N1CCC(CCO)CC1.CC(=O)N1CCC(O)CC1.CC(=O)N1CCCC(O)C1.CC(=O)N1CCCCC1.CC(=O)N1CCN(C)CC1.CC(=O)N1CCN(Cc2ccccc2)CC1.CC(=O)N1CCSCC1.CC(=O)NCCN1CCCCC1. The van der Waals surface area contributed by atoms with Crippen LogP contribution in [0.1, 0.15) is 198 Å². The molecule has 10 saturated heterocycles. The first kappa shape index (κ1) is 99.1. The minimum atomic E-state index is -0.294. The normalized spacial score (nSPS) is 21.6.